The highest BCUT2D eigenvalue weighted by atomic mass is 79.9. The van der Waals surface area contributed by atoms with Gasteiger partial charge in [-0.15, -0.1) is 0 Å². The second kappa shape index (κ2) is 8.87. The molecule has 138 valence electrons. The minimum absolute atomic E-state index is 0.0690. The van der Waals surface area contributed by atoms with Crippen LogP contribution in [0.5, 0.6) is 0 Å². The average Bonchev–Trinajstić information content (AvgIpc) is 2.65. The summed E-state index contributed by atoms with van der Waals surface area (Å²) in [7, 11) is 0. The summed E-state index contributed by atoms with van der Waals surface area (Å²) >= 11 is 15.8. The Kier molecular flexibility index (Phi) is 6.53. The normalized spacial score (nSPS) is 10.7. The van der Waals surface area contributed by atoms with E-state index in [1.54, 1.807) is 29.4 Å². The summed E-state index contributed by atoms with van der Waals surface area (Å²) < 4.78 is 0.971. The van der Waals surface area contributed by atoms with Crippen molar-refractivity contribution in [1.82, 2.24) is 9.88 Å². The van der Waals surface area contributed by atoms with Crippen LogP contribution in [-0.2, 0) is 13.1 Å². The maximum absolute atomic E-state index is 13.2. The van der Waals surface area contributed by atoms with Crippen molar-refractivity contribution < 1.29 is 4.79 Å². The van der Waals surface area contributed by atoms with Gasteiger partial charge in [0.05, 0.1) is 0 Å². The van der Waals surface area contributed by atoms with Crippen molar-refractivity contribution in [1.29, 1.82) is 0 Å². The SMILES string of the molecule is Cc1cc(C(=O)N(Cc2cccnc2)Cc2ccc(Cl)cc2Cl)ccc1Br. The fraction of sp³-hybridized carbons (Fsp3) is 0.143. The van der Waals surface area contributed by atoms with E-state index in [2.05, 4.69) is 20.9 Å². The van der Waals surface area contributed by atoms with Gasteiger partial charge in [-0.05, 0) is 60.0 Å². The van der Waals surface area contributed by atoms with Gasteiger partial charge in [-0.2, -0.15) is 0 Å². The lowest BCUT2D eigenvalue weighted by atomic mass is 10.1. The molecule has 3 nitrogen and oxygen atoms in total. The number of benzene rings is 2. The van der Waals surface area contributed by atoms with E-state index in [1.807, 2.05) is 43.3 Å². The largest absolute Gasteiger partial charge is 0.330 e. The molecule has 2 aromatic carbocycles. The summed E-state index contributed by atoms with van der Waals surface area (Å²) in [6.45, 7) is 2.77. The number of carbonyl (C=O) groups excluding carboxylic acids is 1. The van der Waals surface area contributed by atoms with Gasteiger partial charge in [0.1, 0.15) is 0 Å². The zero-order valence-corrected chi connectivity index (χ0v) is 17.7. The Labute approximate surface area is 177 Å². The number of carbonyl (C=O) groups is 1. The molecule has 0 radical (unpaired) electrons. The maximum Gasteiger partial charge on any atom is 0.254 e. The molecular formula is C21H17BrCl2N2O. The summed E-state index contributed by atoms with van der Waals surface area (Å²) in [5.74, 6) is -0.0690. The van der Waals surface area contributed by atoms with E-state index < -0.39 is 0 Å². The van der Waals surface area contributed by atoms with Crippen LogP contribution < -0.4 is 0 Å². The number of halogens is 3. The number of pyridine rings is 1. The first kappa shape index (κ1) is 19.9. The second-order valence-electron chi connectivity index (χ2n) is 6.22. The molecule has 0 saturated heterocycles. The monoisotopic (exact) mass is 462 g/mol. The molecule has 27 heavy (non-hydrogen) atoms. The number of rotatable bonds is 5. The van der Waals surface area contributed by atoms with Gasteiger partial charge in [-0.3, -0.25) is 9.78 Å². The highest BCUT2D eigenvalue weighted by molar-refractivity contribution is 9.10. The van der Waals surface area contributed by atoms with Gasteiger partial charge in [0.15, 0.2) is 0 Å². The van der Waals surface area contributed by atoms with Crippen molar-refractivity contribution in [2.24, 2.45) is 0 Å². The van der Waals surface area contributed by atoms with Crippen LogP contribution in [0.1, 0.15) is 27.0 Å². The summed E-state index contributed by atoms with van der Waals surface area (Å²) in [6.07, 6.45) is 3.47. The summed E-state index contributed by atoms with van der Waals surface area (Å²) in [4.78, 5) is 19.1. The third kappa shape index (κ3) is 5.10. The molecule has 3 aromatic rings. The number of hydrogen-bond donors (Lipinski definition) is 0. The molecule has 0 aliphatic rings. The first-order valence-electron chi connectivity index (χ1n) is 8.32. The van der Waals surface area contributed by atoms with E-state index in [-0.39, 0.29) is 5.91 Å². The smallest absolute Gasteiger partial charge is 0.254 e. The van der Waals surface area contributed by atoms with E-state index in [9.17, 15) is 4.79 Å². The molecule has 0 saturated carbocycles. The van der Waals surface area contributed by atoms with Crippen molar-refractivity contribution in [2.75, 3.05) is 0 Å². The lowest BCUT2D eigenvalue weighted by molar-refractivity contribution is 0.0730. The molecule has 0 spiro atoms. The predicted molar refractivity (Wildman–Crippen MR) is 113 cm³/mol. The number of amides is 1. The topological polar surface area (TPSA) is 33.2 Å². The van der Waals surface area contributed by atoms with Crippen molar-refractivity contribution >= 4 is 45.0 Å². The number of aromatic nitrogens is 1. The van der Waals surface area contributed by atoms with E-state index in [4.69, 9.17) is 23.2 Å². The highest BCUT2D eigenvalue weighted by Gasteiger charge is 2.19. The van der Waals surface area contributed by atoms with E-state index in [0.717, 1.165) is 21.2 Å². The van der Waals surface area contributed by atoms with E-state index >= 15 is 0 Å². The molecular weight excluding hydrogens is 447 g/mol. The van der Waals surface area contributed by atoms with Crippen molar-refractivity contribution in [2.45, 2.75) is 20.0 Å². The molecule has 0 bridgehead atoms. The lowest BCUT2D eigenvalue weighted by Crippen LogP contribution is -2.30. The summed E-state index contributed by atoms with van der Waals surface area (Å²) in [5, 5.41) is 1.11. The van der Waals surface area contributed by atoms with E-state index in [1.165, 1.54) is 0 Å². The Hall–Kier alpha value is -1.88. The van der Waals surface area contributed by atoms with Crippen molar-refractivity contribution in [3.05, 3.63) is 97.7 Å². The van der Waals surface area contributed by atoms with Gasteiger partial charge in [0.2, 0.25) is 0 Å². The average molecular weight is 464 g/mol. The van der Waals surface area contributed by atoms with Crippen molar-refractivity contribution in [3.63, 3.8) is 0 Å². The van der Waals surface area contributed by atoms with Crippen molar-refractivity contribution in [3.8, 4) is 0 Å². The molecule has 1 aromatic heterocycles. The zero-order valence-electron chi connectivity index (χ0n) is 14.6. The third-order valence-electron chi connectivity index (χ3n) is 4.16. The number of aryl methyl sites for hydroxylation is 1. The molecule has 6 heteroatoms. The minimum Gasteiger partial charge on any atom is -0.330 e. The Morgan fingerprint density at radius 1 is 1.11 bits per heavy atom. The van der Waals surface area contributed by atoms with Crippen LogP contribution in [0, 0.1) is 6.92 Å². The van der Waals surface area contributed by atoms with Gasteiger partial charge < -0.3 is 4.90 Å². The fourth-order valence-electron chi connectivity index (χ4n) is 2.73. The standard InChI is InChI=1S/C21H17BrCl2N2O/c1-14-9-16(5-7-19(14)22)21(27)26(12-15-3-2-8-25-11-15)13-17-4-6-18(23)10-20(17)24/h2-11H,12-13H2,1H3. The Bertz CT molecular complexity index is 964. The molecule has 1 heterocycles. The van der Waals surface area contributed by atoms with Gasteiger partial charge in [-0.25, -0.2) is 0 Å². The molecule has 0 N–H and O–H groups in total. The highest BCUT2D eigenvalue weighted by Crippen LogP contribution is 2.25. The third-order valence-corrected chi connectivity index (χ3v) is 5.64. The molecule has 0 unspecified atom stereocenters. The number of hydrogen-bond acceptors (Lipinski definition) is 2. The maximum atomic E-state index is 13.2. The minimum atomic E-state index is -0.0690. The van der Waals surface area contributed by atoms with Crippen LogP contribution >= 0.6 is 39.1 Å². The van der Waals surface area contributed by atoms with E-state index in [0.29, 0.717) is 28.7 Å². The quantitative estimate of drug-likeness (QED) is 0.444. The molecule has 0 aliphatic carbocycles. The van der Waals surface area contributed by atoms with Crippen LogP contribution in [-0.4, -0.2) is 15.8 Å². The molecule has 0 fully saturated rings. The molecule has 1 amide bonds. The van der Waals surface area contributed by atoms with Gasteiger partial charge >= 0.3 is 0 Å². The van der Waals surface area contributed by atoms with Crippen LogP contribution in [0.3, 0.4) is 0 Å². The van der Waals surface area contributed by atoms with Crippen LogP contribution in [0.15, 0.2) is 65.4 Å². The first-order chi connectivity index (χ1) is 12.9. The predicted octanol–water partition coefficient (Wildman–Crippen LogP) is 6.30. The van der Waals surface area contributed by atoms with Crippen LogP contribution in [0.4, 0.5) is 0 Å². The van der Waals surface area contributed by atoms with Gasteiger partial charge in [0.25, 0.3) is 5.91 Å². The van der Waals surface area contributed by atoms with Gasteiger partial charge in [-0.1, -0.05) is 51.3 Å². The Morgan fingerprint density at radius 2 is 1.93 bits per heavy atom. The van der Waals surface area contributed by atoms with Crippen LogP contribution in [0.25, 0.3) is 0 Å². The molecule has 3 rings (SSSR count). The Balaban J connectivity index is 1.93. The number of nitrogens with zero attached hydrogens (tertiary/aromatic N) is 2. The summed E-state index contributed by atoms with van der Waals surface area (Å²) in [5.41, 5.74) is 3.42. The van der Waals surface area contributed by atoms with Crippen LogP contribution in [0.2, 0.25) is 10.0 Å². The second-order valence-corrected chi connectivity index (χ2v) is 7.92. The lowest BCUT2D eigenvalue weighted by Gasteiger charge is -2.24. The zero-order chi connectivity index (χ0) is 19.4. The summed E-state index contributed by atoms with van der Waals surface area (Å²) in [6, 6.07) is 14.7. The molecule has 0 atom stereocenters. The fourth-order valence-corrected chi connectivity index (χ4v) is 3.44. The first-order valence-corrected chi connectivity index (χ1v) is 9.87. The van der Waals surface area contributed by atoms with Gasteiger partial charge in [0, 0.05) is 45.6 Å². The molecule has 0 aliphatic heterocycles. The Morgan fingerprint density at radius 3 is 2.59 bits per heavy atom.